The van der Waals surface area contributed by atoms with Gasteiger partial charge in [-0.05, 0) is 42.7 Å². The molecule has 1 aromatic heterocycles. The first-order chi connectivity index (χ1) is 8.56. The Bertz CT molecular complexity index is 537. The number of aromatic nitrogens is 1. The van der Waals surface area contributed by atoms with Crippen LogP contribution in [0.1, 0.15) is 28.5 Å². The lowest BCUT2D eigenvalue weighted by molar-refractivity contribution is 0.177. The maximum atomic E-state index is 13.1. The molecule has 1 unspecified atom stereocenters. The smallest absolute Gasteiger partial charge is 0.126 e. The third kappa shape index (κ3) is 2.93. The zero-order valence-electron chi connectivity index (χ0n) is 10.5. The first-order valence-electron chi connectivity index (χ1n) is 5.92. The Balaban J connectivity index is 2.13. The number of rotatable bonds is 3. The first kappa shape index (κ1) is 12.7. The average molecular weight is 245 g/mol. The molecular weight excluding hydrogens is 229 g/mol. The lowest BCUT2D eigenvalue weighted by Crippen LogP contribution is -2.04. The van der Waals surface area contributed by atoms with Crippen molar-refractivity contribution in [3.05, 3.63) is 64.7 Å². The van der Waals surface area contributed by atoms with Crippen molar-refractivity contribution in [3.63, 3.8) is 0 Å². The van der Waals surface area contributed by atoms with E-state index in [1.807, 2.05) is 19.1 Å². The van der Waals surface area contributed by atoms with Gasteiger partial charge in [-0.1, -0.05) is 18.2 Å². The van der Waals surface area contributed by atoms with Crippen molar-refractivity contribution >= 4 is 0 Å². The summed E-state index contributed by atoms with van der Waals surface area (Å²) in [7, 11) is 0. The molecule has 3 heteroatoms. The second-order valence-corrected chi connectivity index (χ2v) is 4.56. The number of aliphatic hydroxyl groups excluding tert-OH is 1. The lowest BCUT2D eigenvalue weighted by Gasteiger charge is -2.11. The molecule has 0 aliphatic heterocycles. The molecule has 0 radical (unpaired) electrons. The molecule has 94 valence electrons. The van der Waals surface area contributed by atoms with E-state index in [4.69, 9.17) is 0 Å². The molecule has 1 heterocycles. The second kappa shape index (κ2) is 5.27. The number of aliphatic hydroxyl groups is 1. The monoisotopic (exact) mass is 245 g/mol. The van der Waals surface area contributed by atoms with Crippen LogP contribution in [0.4, 0.5) is 4.39 Å². The summed E-state index contributed by atoms with van der Waals surface area (Å²) < 4.78 is 13.1. The lowest BCUT2D eigenvalue weighted by atomic mass is 10.0. The summed E-state index contributed by atoms with van der Waals surface area (Å²) in [6.07, 6.45) is 1.56. The molecular formula is C15H16FNO. The van der Waals surface area contributed by atoms with Crippen LogP contribution < -0.4 is 0 Å². The van der Waals surface area contributed by atoms with E-state index in [0.717, 1.165) is 16.8 Å². The minimum absolute atomic E-state index is 0.251. The molecule has 0 aliphatic rings. The summed E-state index contributed by atoms with van der Waals surface area (Å²) in [5.74, 6) is -0.251. The molecule has 2 nitrogen and oxygen atoms in total. The highest BCUT2D eigenvalue weighted by Crippen LogP contribution is 2.20. The molecule has 0 saturated heterocycles. The Morgan fingerprint density at radius 3 is 2.61 bits per heavy atom. The van der Waals surface area contributed by atoms with Crippen LogP contribution in [0.5, 0.6) is 0 Å². The van der Waals surface area contributed by atoms with Gasteiger partial charge in [0.2, 0.25) is 0 Å². The maximum absolute atomic E-state index is 13.1. The largest absolute Gasteiger partial charge is 0.388 e. The fraction of sp³-hybridized carbons (Fsp3) is 0.267. The minimum Gasteiger partial charge on any atom is -0.388 e. The number of aryl methyl sites for hydroxylation is 2. The molecule has 18 heavy (non-hydrogen) atoms. The van der Waals surface area contributed by atoms with Crippen molar-refractivity contribution in [1.82, 2.24) is 4.98 Å². The molecule has 0 saturated carbocycles. The normalized spacial score (nSPS) is 12.4. The van der Waals surface area contributed by atoms with Crippen LogP contribution in [0.3, 0.4) is 0 Å². The summed E-state index contributed by atoms with van der Waals surface area (Å²) in [5.41, 5.74) is 3.18. The SMILES string of the molecule is Cc1ccc(CC(O)c2ccc(F)c(C)c2)nc1. The van der Waals surface area contributed by atoms with Gasteiger partial charge in [0, 0.05) is 18.3 Å². The molecule has 0 spiro atoms. The van der Waals surface area contributed by atoms with E-state index in [-0.39, 0.29) is 5.82 Å². The third-order valence-corrected chi connectivity index (χ3v) is 2.94. The molecule has 2 aromatic rings. The van der Waals surface area contributed by atoms with Crippen LogP contribution in [0.15, 0.2) is 36.5 Å². The van der Waals surface area contributed by atoms with E-state index in [0.29, 0.717) is 12.0 Å². The molecule has 0 aliphatic carbocycles. The molecule has 0 bridgehead atoms. The molecule has 1 atom stereocenters. The zero-order valence-corrected chi connectivity index (χ0v) is 10.5. The summed E-state index contributed by atoms with van der Waals surface area (Å²) in [6.45, 7) is 3.66. The molecule has 0 amide bonds. The Morgan fingerprint density at radius 2 is 2.00 bits per heavy atom. The van der Waals surface area contributed by atoms with Gasteiger partial charge in [-0.25, -0.2) is 4.39 Å². The predicted octanol–water partition coefficient (Wildman–Crippen LogP) is 3.11. The van der Waals surface area contributed by atoms with Crippen molar-refractivity contribution in [1.29, 1.82) is 0 Å². The van der Waals surface area contributed by atoms with E-state index < -0.39 is 6.10 Å². The highest BCUT2D eigenvalue weighted by Gasteiger charge is 2.10. The van der Waals surface area contributed by atoms with Crippen LogP contribution in [0.25, 0.3) is 0 Å². The van der Waals surface area contributed by atoms with Gasteiger partial charge >= 0.3 is 0 Å². The van der Waals surface area contributed by atoms with E-state index in [9.17, 15) is 9.50 Å². The van der Waals surface area contributed by atoms with E-state index in [2.05, 4.69) is 4.98 Å². The van der Waals surface area contributed by atoms with Gasteiger partial charge in [-0.2, -0.15) is 0 Å². The average Bonchev–Trinajstić information content (AvgIpc) is 2.35. The third-order valence-electron chi connectivity index (χ3n) is 2.94. The van der Waals surface area contributed by atoms with Crippen molar-refractivity contribution in [3.8, 4) is 0 Å². The van der Waals surface area contributed by atoms with Crippen LogP contribution in [-0.2, 0) is 6.42 Å². The van der Waals surface area contributed by atoms with Crippen LogP contribution in [0, 0.1) is 19.7 Å². The van der Waals surface area contributed by atoms with E-state index in [1.54, 1.807) is 25.3 Å². The van der Waals surface area contributed by atoms with Gasteiger partial charge < -0.3 is 5.11 Å². The van der Waals surface area contributed by atoms with Crippen molar-refractivity contribution in [2.24, 2.45) is 0 Å². The fourth-order valence-electron chi connectivity index (χ4n) is 1.81. The van der Waals surface area contributed by atoms with E-state index in [1.165, 1.54) is 6.07 Å². The summed E-state index contributed by atoms with van der Waals surface area (Å²) in [4.78, 5) is 4.25. The number of halogens is 1. The Hall–Kier alpha value is -1.74. The highest BCUT2D eigenvalue weighted by atomic mass is 19.1. The van der Waals surface area contributed by atoms with Crippen molar-refractivity contribution in [2.75, 3.05) is 0 Å². The number of pyridine rings is 1. The number of nitrogens with zero attached hydrogens (tertiary/aromatic N) is 1. The molecule has 1 aromatic carbocycles. The van der Waals surface area contributed by atoms with Gasteiger partial charge in [0.05, 0.1) is 6.10 Å². The van der Waals surface area contributed by atoms with Gasteiger partial charge in [0.15, 0.2) is 0 Å². The molecule has 0 fully saturated rings. The quantitative estimate of drug-likeness (QED) is 0.901. The Labute approximate surface area is 106 Å². The summed E-state index contributed by atoms with van der Waals surface area (Å²) in [6, 6.07) is 8.53. The minimum atomic E-state index is -0.653. The van der Waals surface area contributed by atoms with Crippen LogP contribution in [0.2, 0.25) is 0 Å². The van der Waals surface area contributed by atoms with Crippen LogP contribution in [-0.4, -0.2) is 10.1 Å². The molecule has 1 N–H and O–H groups in total. The zero-order chi connectivity index (χ0) is 13.1. The van der Waals surface area contributed by atoms with Crippen LogP contribution >= 0.6 is 0 Å². The number of benzene rings is 1. The summed E-state index contributed by atoms with van der Waals surface area (Å²) >= 11 is 0. The van der Waals surface area contributed by atoms with Gasteiger partial charge in [0.25, 0.3) is 0 Å². The topological polar surface area (TPSA) is 33.1 Å². The predicted molar refractivity (Wildman–Crippen MR) is 68.8 cm³/mol. The van der Waals surface area contributed by atoms with Gasteiger partial charge in [0.1, 0.15) is 5.82 Å². The fourth-order valence-corrected chi connectivity index (χ4v) is 1.81. The van der Waals surface area contributed by atoms with Gasteiger partial charge in [-0.3, -0.25) is 4.98 Å². The maximum Gasteiger partial charge on any atom is 0.126 e. The molecule has 2 rings (SSSR count). The highest BCUT2D eigenvalue weighted by molar-refractivity contribution is 5.26. The van der Waals surface area contributed by atoms with Crippen molar-refractivity contribution in [2.45, 2.75) is 26.4 Å². The number of hydrogen-bond acceptors (Lipinski definition) is 2. The van der Waals surface area contributed by atoms with Gasteiger partial charge in [-0.15, -0.1) is 0 Å². The Kier molecular flexibility index (Phi) is 3.72. The first-order valence-corrected chi connectivity index (χ1v) is 5.92. The Morgan fingerprint density at radius 1 is 1.22 bits per heavy atom. The van der Waals surface area contributed by atoms with E-state index >= 15 is 0 Å². The number of hydrogen-bond donors (Lipinski definition) is 1. The second-order valence-electron chi connectivity index (χ2n) is 4.56. The van der Waals surface area contributed by atoms with Crippen molar-refractivity contribution < 1.29 is 9.50 Å². The summed E-state index contributed by atoms with van der Waals surface area (Å²) in [5, 5.41) is 10.1. The standard InChI is InChI=1S/C15H16FNO/c1-10-3-5-13(17-9-10)8-15(18)12-4-6-14(16)11(2)7-12/h3-7,9,15,18H,8H2,1-2H3.